The number of nitrogens with zero attached hydrogens (tertiary/aromatic N) is 1. The number of piperidine rings is 1. The van der Waals surface area contributed by atoms with Crippen molar-refractivity contribution in [3.05, 3.63) is 65.9 Å². The van der Waals surface area contributed by atoms with Crippen molar-refractivity contribution in [2.75, 3.05) is 19.8 Å². The molecule has 0 spiro atoms. The second-order valence-corrected chi connectivity index (χ2v) is 12.5. The summed E-state index contributed by atoms with van der Waals surface area (Å²) in [6.45, 7) is 12.6. The van der Waals surface area contributed by atoms with Crippen molar-refractivity contribution >= 4 is 29.4 Å². The van der Waals surface area contributed by atoms with Crippen molar-refractivity contribution < 1.29 is 47.4 Å². The van der Waals surface area contributed by atoms with E-state index in [1.807, 2.05) is 46.8 Å². The Morgan fingerprint density at radius 2 is 1.82 bits per heavy atom. The first kappa shape index (κ1) is 42.7. The third-order valence-corrected chi connectivity index (χ3v) is 7.57. The van der Waals surface area contributed by atoms with Gasteiger partial charge in [0.05, 0.1) is 11.7 Å². The summed E-state index contributed by atoms with van der Waals surface area (Å²) in [5, 5.41) is 9.24. The SMILES string of the molecule is CC.CC(C)C(=O)COc1cc(F)cc(CCCc2ccco2)c1.CCC/C=C\C(=O)OCC(C)(C)C(=O)C(=O)N1CCCC[C@H]1C(=O)O. The van der Waals surface area contributed by atoms with Crippen LogP contribution in [0.15, 0.2) is 53.2 Å². The van der Waals surface area contributed by atoms with Crippen LogP contribution in [0.5, 0.6) is 5.75 Å². The van der Waals surface area contributed by atoms with Gasteiger partial charge in [0.15, 0.2) is 5.78 Å². The van der Waals surface area contributed by atoms with Crippen LogP contribution in [-0.4, -0.2) is 65.2 Å². The molecule has 0 unspecified atom stereocenters. The summed E-state index contributed by atoms with van der Waals surface area (Å²) in [5.74, 6) is -2.33. The number of aryl methyl sites for hydroxylation is 2. The first-order chi connectivity index (χ1) is 23.2. The zero-order chi connectivity index (χ0) is 37.0. The molecule has 1 saturated heterocycles. The van der Waals surface area contributed by atoms with Gasteiger partial charge in [0.1, 0.15) is 36.6 Å². The molecule has 2 heterocycles. The van der Waals surface area contributed by atoms with Crippen molar-refractivity contribution in [1.29, 1.82) is 0 Å². The van der Waals surface area contributed by atoms with Gasteiger partial charge in [-0.2, -0.15) is 0 Å². The third-order valence-electron chi connectivity index (χ3n) is 7.57. The van der Waals surface area contributed by atoms with Gasteiger partial charge in [0.25, 0.3) is 5.91 Å². The van der Waals surface area contributed by atoms with E-state index < -0.39 is 35.1 Å². The number of unbranched alkanes of at least 4 members (excludes halogenated alkanes) is 1. The van der Waals surface area contributed by atoms with Crippen LogP contribution in [0.1, 0.15) is 98.3 Å². The Bertz CT molecular complexity index is 1370. The fourth-order valence-corrected chi connectivity index (χ4v) is 4.65. The van der Waals surface area contributed by atoms with Crippen LogP contribution in [0.4, 0.5) is 4.39 Å². The lowest BCUT2D eigenvalue weighted by atomic mass is 9.87. The van der Waals surface area contributed by atoms with Gasteiger partial charge >= 0.3 is 11.9 Å². The van der Waals surface area contributed by atoms with Crippen LogP contribution in [0.25, 0.3) is 0 Å². The number of carbonyl (C=O) groups is 5. The summed E-state index contributed by atoms with van der Waals surface area (Å²) in [7, 11) is 0. The number of furan rings is 1. The highest BCUT2D eigenvalue weighted by Gasteiger charge is 2.41. The summed E-state index contributed by atoms with van der Waals surface area (Å²) >= 11 is 0. The topological polar surface area (TPSA) is 140 Å². The molecule has 49 heavy (non-hydrogen) atoms. The number of carboxylic acids is 1. The highest BCUT2D eigenvalue weighted by Crippen LogP contribution is 2.24. The van der Waals surface area contributed by atoms with E-state index in [2.05, 4.69) is 0 Å². The molecule has 1 N–H and O–H groups in total. The van der Waals surface area contributed by atoms with E-state index in [1.165, 1.54) is 32.1 Å². The number of halogens is 1. The zero-order valence-corrected chi connectivity index (χ0v) is 30.1. The number of allylic oxidation sites excluding steroid dienone is 1. The maximum atomic E-state index is 13.6. The number of ketones is 2. The molecule has 11 heteroatoms. The Morgan fingerprint density at radius 3 is 2.43 bits per heavy atom. The van der Waals surface area contributed by atoms with Gasteiger partial charge in [-0.3, -0.25) is 14.4 Å². The number of amides is 1. The Balaban J connectivity index is 0.000000469. The molecular weight excluding hydrogens is 633 g/mol. The minimum atomic E-state index is -1.22. The van der Waals surface area contributed by atoms with E-state index in [0.29, 0.717) is 25.0 Å². The lowest BCUT2D eigenvalue weighted by Crippen LogP contribution is -2.53. The van der Waals surface area contributed by atoms with Crippen molar-refractivity contribution in [2.45, 2.75) is 106 Å². The normalized spacial score (nSPS) is 14.3. The second-order valence-electron chi connectivity index (χ2n) is 12.5. The molecular formula is C38H54FNO9. The number of ether oxygens (including phenoxy) is 2. The zero-order valence-electron chi connectivity index (χ0n) is 30.1. The molecule has 1 aliphatic heterocycles. The molecule has 1 amide bonds. The van der Waals surface area contributed by atoms with Crippen LogP contribution in [0.2, 0.25) is 0 Å². The van der Waals surface area contributed by atoms with Gasteiger partial charge in [-0.1, -0.05) is 47.1 Å². The van der Waals surface area contributed by atoms with E-state index in [0.717, 1.165) is 48.3 Å². The van der Waals surface area contributed by atoms with E-state index in [-0.39, 0.29) is 37.3 Å². The number of Topliss-reactive ketones (excluding diaryl/α,β-unsaturated/α-hetero) is 2. The predicted octanol–water partition coefficient (Wildman–Crippen LogP) is 7.17. The van der Waals surface area contributed by atoms with Gasteiger partial charge in [-0.05, 0) is 82.2 Å². The molecule has 0 bridgehead atoms. The highest BCUT2D eigenvalue weighted by atomic mass is 19.1. The standard InChI is InChI=1S/C18H21FO3.C18H27NO6.C2H6/c1-13(2)18(20)12-22-17-10-14(9-15(19)11-17)5-3-6-16-7-4-8-21-16;1-4-5-6-10-14(20)25-12-18(2,3)15(21)16(22)19-11-8-7-9-13(19)17(23)24;1-2/h4,7-11,13H,3,5-6,12H2,1-2H3;6,10,13H,4-5,7-9,11-12H2,1-3H3,(H,23,24);1-2H3/b;10-6-;/t;13-;/m.0./s1. The molecule has 3 rings (SSSR count). The smallest absolute Gasteiger partial charge is 0.330 e. The number of carboxylic acid groups (broad SMARTS) is 1. The van der Waals surface area contributed by atoms with Crippen LogP contribution in [0.3, 0.4) is 0 Å². The Morgan fingerprint density at radius 1 is 1.10 bits per heavy atom. The minimum absolute atomic E-state index is 0.00336. The number of aliphatic carboxylic acids is 1. The molecule has 10 nitrogen and oxygen atoms in total. The maximum Gasteiger partial charge on any atom is 0.330 e. The van der Waals surface area contributed by atoms with Crippen molar-refractivity contribution in [3.63, 3.8) is 0 Å². The number of esters is 1. The Kier molecular flexibility index (Phi) is 19.5. The molecule has 1 fully saturated rings. The second kappa shape index (κ2) is 22.4. The summed E-state index contributed by atoms with van der Waals surface area (Å²) in [6, 6.07) is 7.41. The fourth-order valence-electron chi connectivity index (χ4n) is 4.65. The molecule has 2 aromatic rings. The lowest BCUT2D eigenvalue weighted by molar-refractivity contribution is -0.159. The third kappa shape index (κ3) is 15.7. The number of hydrogen-bond acceptors (Lipinski definition) is 8. The quantitative estimate of drug-likeness (QED) is 0.110. The molecule has 0 saturated carbocycles. The molecule has 1 atom stereocenters. The Hall–Kier alpha value is -4.28. The maximum absolute atomic E-state index is 13.6. The summed E-state index contributed by atoms with van der Waals surface area (Å²) in [5.41, 5.74) is -0.357. The van der Waals surface area contributed by atoms with E-state index in [4.69, 9.17) is 13.9 Å². The van der Waals surface area contributed by atoms with Gasteiger partial charge in [-0.15, -0.1) is 0 Å². The number of rotatable bonds is 16. The molecule has 1 aromatic carbocycles. The number of carbonyl (C=O) groups excluding carboxylic acids is 4. The number of benzene rings is 1. The molecule has 1 aromatic heterocycles. The van der Waals surface area contributed by atoms with E-state index >= 15 is 0 Å². The Labute approximate surface area is 290 Å². The van der Waals surface area contributed by atoms with Crippen molar-refractivity contribution in [3.8, 4) is 5.75 Å². The lowest BCUT2D eigenvalue weighted by Gasteiger charge is -2.34. The van der Waals surface area contributed by atoms with Crippen LogP contribution >= 0.6 is 0 Å². The van der Waals surface area contributed by atoms with Crippen molar-refractivity contribution in [1.82, 2.24) is 4.90 Å². The number of likely N-dealkylation sites (tertiary alicyclic amines) is 1. The molecule has 0 aliphatic carbocycles. The molecule has 0 radical (unpaired) electrons. The predicted molar refractivity (Wildman–Crippen MR) is 185 cm³/mol. The van der Waals surface area contributed by atoms with Crippen LogP contribution < -0.4 is 4.74 Å². The first-order valence-corrected chi connectivity index (χ1v) is 17.1. The monoisotopic (exact) mass is 687 g/mol. The van der Waals surface area contributed by atoms with Crippen molar-refractivity contribution in [2.24, 2.45) is 11.3 Å². The minimum Gasteiger partial charge on any atom is -0.486 e. The van der Waals surface area contributed by atoms with Gasteiger partial charge in [0, 0.05) is 31.0 Å². The summed E-state index contributed by atoms with van der Waals surface area (Å²) < 4.78 is 29.3. The van der Waals surface area contributed by atoms with E-state index in [1.54, 1.807) is 18.4 Å². The molecule has 272 valence electrons. The van der Waals surface area contributed by atoms with Crippen LogP contribution in [0, 0.1) is 17.2 Å². The van der Waals surface area contributed by atoms with Gasteiger partial charge in [-0.25, -0.2) is 14.0 Å². The largest absolute Gasteiger partial charge is 0.486 e. The number of hydrogen-bond donors (Lipinski definition) is 1. The summed E-state index contributed by atoms with van der Waals surface area (Å²) in [6.07, 6.45) is 10.4. The average Bonchev–Trinajstić information content (AvgIpc) is 3.60. The molecule has 1 aliphatic rings. The highest BCUT2D eigenvalue weighted by molar-refractivity contribution is 6.38. The first-order valence-electron chi connectivity index (χ1n) is 17.1. The average molecular weight is 688 g/mol. The van der Waals surface area contributed by atoms with Gasteiger partial charge < -0.3 is 23.9 Å². The van der Waals surface area contributed by atoms with Crippen LogP contribution in [-0.2, 0) is 41.6 Å². The fraction of sp³-hybridized carbons (Fsp3) is 0.553. The van der Waals surface area contributed by atoms with E-state index in [9.17, 15) is 33.5 Å². The van der Waals surface area contributed by atoms with Gasteiger partial charge in [0.2, 0.25) is 5.78 Å². The summed E-state index contributed by atoms with van der Waals surface area (Å²) in [4.78, 5) is 60.6.